The number of aromatic nitrogens is 1. The number of pyridine rings is 1. The Morgan fingerprint density at radius 3 is 2.32 bits per heavy atom. The summed E-state index contributed by atoms with van der Waals surface area (Å²) in [6.07, 6.45) is 0.474. The van der Waals surface area contributed by atoms with Crippen molar-refractivity contribution in [1.82, 2.24) is 9.88 Å². The van der Waals surface area contributed by atoms with E-state index >= 15 is 0 Å². The molecule has 0 radical (unpaired) electrons. The summed E-state index contributed by atoms with van der Waals surface area (Å²) in [6, 6.07) is 14.3. The number of fused-ring (bicyclic) bond motifs is 1. The third-order valence-electron chi connectivity index (χ3n) is 5.88. The van der Waals surface area contributed by atoms with Crippen molar-refractivity contribution in [2.24, 2.45) is 0 Å². The fraction of sp³-hybridized carbons (Fsp3) is 0.292. The van der Waals surface area contributed by atoms with Crippen molar-refractivity contribution in [3.63, 3.8) is 0 Å². The first-order valence-electron chi connectivity index (χ1n) is 11.0. The molecule has 1 fully saturated rings. The van der Waals surface area contributed by atoms with Gasteiger partial charge in [0.25, 0.3) is 10.0 Å². The summed E-state index contributed by atoms with van der Waals surface area (Å²) in [5, 5.41) is 19.0. The number of carboxylic acid groups (broad SMARTS) is 1. The molecule has 4 rings (SSSR count). The van der Waals surface area contributed by atoms with Gasteiger partial charge in [-0.15, -0.1) is 37.2 Å². The number of nitrogens with one attached hydrogen (secondary N) is 1. The quantitative estimate of drug-likeness (QED) is 0.390. The molecule has 1 aliphatic rings. The number of methoxy groups -OCH3 is 1. The zero-order valence-corrected chi connectivity index (χ0v) is 23.6. The molecule has 0 amide bonds. The van der Waals surface area contributed by atoms with Crippen LogP contribution in [0.4, 0.5) is 11.5 Å². The highest BCUT2D eigenvalue weighted by Crippen LogP contribution is 2.28. The summed E-state index contributed by atoms with van der Waals surface area (Å²) in [4.78, 5) is 21.0. The van der Waals surface area contributed by atoms with Crippen molar-refractivity contribution >= 4 is 75.6 Å². The molecule has 3 aromatic rings. The molecule has 0 saturated carbocycles. The van der Waals surface area contributed by atoms with Gasteiger partial charge in [0.1, 0.15) is 11.6 Å². The number of halogens is 3. The summed E-state index contributed by atoms with van der Waals surface area (Å²) in [5.74, 6) is -0.0333. The second-order valence-electron chi connectivity index (χ2n) is 8.08. The Balaban J connectivity index is 0.00000241. The molecule has 0 bridgehead atoms. The van der Waals surface area contributed by atoms with Crippen LogP contribution in [0.15, 0.2) is 53.4 Å². The minimum atomic E-state index is -3.88. The third kappa shape index (κ3) is 7.52. The van der Waals surface area contributed by atoms with Crippen molar-refractivity contribution in [1.29, 1.82) is 5.26 Å². The summed E-state index contributed by atoms with van der Waals surface area (Å²) in [6.45, 7) is 3.57. The SMILES string of the molecule is COc1ccc(S(=O)(=O)Nc2ccc3nc(N4CCN(CCC#N)CC4)cc(C(=O)O)c3c2)cc1.Cl.Cl.Cl. The topological polar surface area (TPSA) is 136 Å². The third-order valence-corrected chi connectivity index (χ3v) is 7.28. The molecular weight excluding hydrogens is 577 g/mol. The first-order chi connectivity index (χ1) is 16.8. The maximum atomic E-state index is 12.8. The number of hydrogen-bond acceptors (Lipinski definition) is 8. The molecular formula is C24H28Cl3N5O5S. The molecule has 0 aliphatic carbocycles. The molecule has 2 N–H and O–H groups in total. The molecule has 10 nitrogen and oxygen atoms in total. The summed E-state index contributed by atoms with van der Waals surface area (Å²) in [7, 11) is -2.39. The number of benzene rings is 2. The first kappa shape index (κ1) is 33.0. The van der Waals surface area contributed by atoms with E-state index in [1.165, 1.54) is 31.4 Å². The molecule has 1 aromatic heterocycles. The fourth-order valence-electron chi connectivity index (χ4n) is 3.99. The van der Waals surface area contributed by atoms with E-state index in [-0.39, 0.29) is 53.4 Å². The number of carboxylic acids is 1. The maximum Gasteiger partial charge on any atom is 0.336 e. The van der Waals surface area contributed by atoms with Crippen LogP contribution in [0.2, 0.25) is 0 Å². The van der Waals surface area contributed by atoms with Gasteiger partial charge in [0, 0.05) is 50.2 Å². The van der Waals surface area contributed by atoms with E-state index in [1.54, 1.807) is 24.3 Å². The second kappa shape index (κ2) is 14.2. The molecule has 1 saturated heterocycles. The molecule has 0 atom stereocenters. The Kier molecular flexibility index (Phi) is 12.4. The Hall–Kier alpha value is -3.01. The molecule has 2 heterocycles. The van der Waals surface area contributed by atoms with E-state index in [0.29, 0.717) is 48.5 Å². The number of ether oxygens (including phenoxy) is 1. The number of aromatic carboxylic acids is 1. The van der Waals surface area contributed by atoms with Crippen molar-refractivity contribution in [2.45, 2.75) is 11.3 Å². The van der Waals surface area contributed by atoms with Crippen LogP contribution in [-0.4, -0.2) is 69.2 Å². The predicted molar refractivity (Wildman–Crippen MR) is 153 cm³/mol. The van der Waals surface area contributed by atoms with Crippen LogP contribution in [0.25, 0.3) is 10.9 Å². The van der Waals surface area contributed by atoms with Gasteiger partial charge in [0.15, 0.2) is 0 Å². The lowest BCUT2D eigenvalue weighted by molar-refractivity contribution is 0.0699. The minimum absolute atomic E-state index is 0. The van der Waals surface area contributed by atoms with Crippen LogP contribution in [0.3, 0.4) is 0 Å². The van der Waals surface area contributed by atoms with Crippen LogP contribution in [-0.2, 0) is 10.0 Å². The average Bonchev–Trinajstić information content (AvgIpc) is 2.87. The molecule has 14 heteroatoms. The van der Waals surface area contributed by atoms with E-state index < -0.39 is 16.0 Å². The van der Waals surface area contributed by atoms with Crippen LogP contribution < -0.4 is 14.4 Å². The van der Waals surface area contributed by atoms with E-state index in [1.807, 2.05) is 4.90 Å². The van der Waals surface area contributed by atoms with E-state index in [0.717, 1.165) is 13.1 Å². The molecule has 0 spiro atoms. The average molecular weight is 605 g/mol. The molecule has 2 aromatic carbocycles. The van der Waals surface area contributed by atoms with Gasteiger partial charge in [-0.05, 0) is 48.5 Å². The second-order valence-corrected chi connectivity index (χ2v) is 9.77. The fourth-order valence-corrected chi connectivity index (χ4v) is 5.04. The van der Waals surface area contributed by atoms with E-state index in [9.17, 15) is 18.3 Å². The number of sulfonamides is 1. The summed E-state index contributed by atoms with van der Waals surface area (Å²) >= 11 is 0. The highest BCUT2D eigenvalue weighted by atomic mass is 35.5. The van der Waals surface area contributed by atoms with Crippen LogP contribution in [0.5, 0.6) is 5.75 Å². The zero-order chi connectivity index (χ0) is 25.0. The van der Waals surface area contributed by atoms with Gasteiger partial charge in [-0.25, -0.2) is 18.2 Å². The summed E-state index contributed by atoms with van der Waals surface area (Å²) in [5.41, 5.74) is 0.734. The molecule has 206 valence electrons. The van der Waals surface area contributed by atoms with E-state index in [4.69, 9.17) is 10.00 Å². The van der Waals surface area contributed by atoms with Gasteiger partial charge in [0.05, 0.1) is 29.2 Å². The van der Waals surface area contributed by atoms with Crippen LogP contribution in [0, 0.1) is 11.3 Å². The Morgan fingerprint density at radius 2 is 1.74 bits per heavy atom. The number of nitrogens with zero attached hydrogens (tertiary/aromatic N) is 4. The number of rotatable bonds is 8. The number of piperazine rings is 1. The Labute approximate surface area is 239 Å². The highest BCUT2D eigenvalue weighted by Gasteiger charge is 2.21. The standard InChI is InChI=1S/C24H25N5O5S.3ClH/c1-34-18-4-6-19(7-5-18)35(32,33)27-17-3-8-22-20(15-17)21(24(30)31)16-23(26-22)29-13-11-28(12-14-29)10-2-9-25;;;/h3-8,15-16,27H,2,10-14H2,1H3,(H,30,31);3*1H. The zero-order valence-electron chi connectivity index (χ0n) is 20.4. The molecule has 1 aliphatic heterocycles. The van der Waals surface area contributed by atoms with E-state index in [2.05, 4.69) is 20.7 Å². The van der Waals surface area contributed by atoms with Gasteiger partial charge >= 0.3 is 5.97 Å². The van der Waals surface area contributed by atoms with Crippen molar-refractivity contribution in [3.8, 4) is 11.8 Å². The van der Waals surface area contributed by atoms with Crippen molar-refractivity contribution in [2.75, 3.05) is 49.5 Å². The van der Waals surface area contributed by atoms with Crippen LogP contribution in [0.1, 0.15) is 16.8 Å². The summed E-state index contributed by atoms with van der Waals surface area (Å²) < 4.78 is 33.2. The highest BCUT2D eigenvalue weighted by molar-refractivity contribution is 7.92. The van der Waals surface area contributed by atoms with Gasteiger partial charge < -0.3 is 14.7 Å². The molecule has 38 heavy (non-hydrogen) atoms. The number of carbonyl (C=O) groups is 1. The monoisotopic (exact) mass is 603 g/mol. The van der Waals surface area contributed by atoms with Gasteiger partial charge in [-0.2, -0.15) is 5.26 Å². The maximum absolute atomic E-state index is 12.8. The smallest absolute Gasteiger partial charge is 0.336 e. The first-order valence-corrected chi connectivity index (χ1v) is 12.5. The largest absolute Gasteiger partial charge is 0.497 e. The Morgan fingerprint density at radius 1 is 1.08 bits per heavy atom. The minimum Gasteiger partial charge on any atom is -0.497 e. The van der Waals surface area contributed by atoms with Gasteiger partial charge in [0.2, 0.25) is 0 Å². The predicted octanol–water partition coefficient (Wildman–Crippen LogP) is 4.04. The van der Waals surface area contributed by atoms with Crippen molar-refractivity contribution in [3.05, 3.63) is 54.1 Å². The van der Waals surface area contributed by atoms with Gasteiger partial charge in [-0.1, -0.05) is 0 Å². The van der Waals surface area contributed by atoms with Gasteiger partial charge in [-0.3, -0.25) is 9.62 Å². The van der Waals surface area contributed by atoms with Crippen LogP contribution >= 0.6 is 37.2 Å². The normalized spacial score (nSPS) is 13.3. The Bertz CT molecular complexity index is 1390. The number of hydrogen-bond donors (Lipinski definition) is 2. The number of nitriles is 1. The van der Waals surface area contributed by atoms with Crippen molar-refractivity contribution < 1.29 is 23.1 Å². The lowest BCUT2D eigenvalue weighted by atomic mass is 10.1. The lowest BCUT2D eigenvalue weighted by Crippen LogP contribution is -2.46. The lowest BCUT2D eigenvalue weighted by Gasteiger charge is -2.35. The number of anilines is 2. The molecule has 0 unspecified atom stereocenters.